The average Bonchev–Trinajstić information content (AvgIpc) is 3.23. The van der Waals surface area contributed by atoms with Crippen LogP contribution in [0.15, 0.2) is 59.3 Å². The van der Waals surface area contributed by atoms with E-state index in [0.29, 0.717) is 12.3 Å². The number of furan rings is 1. The van der Waals surface area contributed by atoms with E-state index in [0.717, 1.165) is 27.3 Å². The number of benzene rings is 2. The van der Waals surface area contributed by atoms with Gasteiger partial charge in [-0.05, 0) is 25.3 Å². The van der Waals surface area contributed by atoms with Crippen LogP contribution in [0.2, 0.25) is 0 Å². The molecular formula is C20H19N3O2. The molecule has 2 aromatic carbocycles. The zero-order valence-electron chi connectivity index (χ0n) is 14.2. The van der Waals surface area contributed by atoms with Crippen molar-refractivity contribution in [2.45, 2.75) is 26.4 Å². The fourth-order valence-electron chi connectivity index (χ4n) is 3.19. The second-order valence-corrected chi connectivity index (χ2v) is 6.32. The third-order valence-corrected chi connectivity index (χ3v) is 4.43. The van der Waals surface area contributed by atoms with E-state index in [4.69, 9.17) is 4.42 Å². The molecule has 0 spiro atoms. The van der Waals surface area contributed by atoms with Gasteiger partial charge in [0, 0.05) is 34.8 Å². The minimum atomic E-state index is -0.197. The third-order valence-electron chi connectivity index (χ3n) is 4.43. The standard InChI is InChI=1S/C20H19N3O2/c1-13(12-23-11-5-10-21-23)22-20(24)18-14(2)16-9-8-15-6-3-4-7-17(15)19(16)25-18/h3-11,13H,12H2,1-2H3,(H,22,24). The maximum absolute atomic E-state index is 12.7. The molecule has 4 aromatic rings. The van der Waals surface area contributed by atoms with Crippen molar-refractivity contribution in [3.05, 3.63) is 66.2 Å². The topological polar surface area (TPSA) is 60.1 Å². The van der Waals surface area contributed by atoms with Gasteiger partial charge in [0.05, 0.1) is 6.54 Å². The van der Waals surface area contributed by atoms with Gasteiger partial charge in [0.15, 0.2) is 5.76 Å². The number of carbonyl (C=O) groups excluding carboxylic acids is 1. The minimum absolute atomic E-state index is 0.0586. The van der Waals surface area contributed by atoms with Crippen LogP contribution in [-0.4, -0.2) is 21.7 Å². The van der Waals surface area contributed by atoms with E-state index < -0.39 is 0 Å². The number of amides is 1. The molecule has 0 aliphatic rings. The molecule has 1 amide bonds. The fraction of sp³-hybridized carbons (Fsp3) is 0.200. The van der Waals surface area contributed by atoms with Crippen LogP contribution in [0, 0.1) is 6.92 Å². The first-order valence-electron chi connectivity index (χ1n) is 8.32. The van der Waals surface area contributed by atoms with E-state index in [1.165, 1.54) is 0 Å². The van der Waals surface area contributed by atoms with Gasteiger partial charge in [0.2, 0.25) is 0 Å². The van der Waals surface area contributed by atoms with Crippen LogP contribution in [0.1, 0.15) is 23.0 Å². The summed E-state index contributed by atoms with van der Waals surface area (Å²) in [7, 11) is 0. The third kappa shape index (κ3) is 2.78. The molecule has 5 heteroatoms. The molecule has 126 valence electrons. The molecule has 2 aromatic heterocycles. The maximum atomic E-state index is 12.7. The minimum Gasteiger partial charge on any atom is -0.450 e. The lowest BCUT2D eigenvalue weighted by molar-refractivity contribution is 0.0909. The second-order valence-electron chi connectivity index (χ2n) is 6.32. The molecule has 1 atom stereocenters. The molecule has 1 unspecified atom stereocenters. The van der Waals surface area contributed by atoms with Gasteiger partial charge in [-0.2, -0.15) is 5.10 Å². The summed E-state index contributed by atoms with van der Waals surface area (Å²) in [5.74, 6) is 0.177. The lowest BCUT2D eigenvalue weighted by Gasteiger charge is -2.13. The van der Waals surface area contributed by atoms with Crippen LogP contribution in [0.3, 0.4) is 0 Å². The summed E-state index contributed by atoms with van der Waals surface area (Å²) in [6.45, 7) is 4.49. The normalized spacial score (nSPS) is 12.6. The van der Waals surface area contributed by atoms with Crippen molar-refractivity contribution in [3.63, 3.8) is 0 Å². The van der Waals surface area contributed by atoms with Gasteiger partial charge in [0.1, 0.15) is 5.58 Å². The molecule has 0 aliphatic heterocycles. The maximum Gasteiger partial charge on any atom is 0.287 e. The summed E-state index contributed by atoms with van der Waals surface area (Å²) in [5, 5.41) is 10.3. The Morgan fingerprint density at radius 2 is 2.04 bits per heavy atom. The lowest BCUT2D eigenvalue weighted by Crippen LogP contribution is -2.35. The van der Waals surface area contributed by atoms with E-state index in [9.17, 15) is 4.79 Å². The van der Waals surface area contributed by atoms with E-state index in [-0.39, 0.29) is 11.9 Å². The molecule has 0 radical (unpaired) electrons. The lowest BCUT2D eigenvalue weighted by atomic mass is 10.1. The number of nitrogens with one attached hydrogen (secondary N) is 1. The first-order valence-corrected chi connectivity index (χ1v) is 8.32. The number of aryl methyl sites for hydroxylation is 1. The predicted molar refractivity (Wildman–Crippen MR) is 97.6 cm³/mol. The van der Waals surface area contributed by atoms with Crippen LogP contribution < -0.4 is 5.32 Å². The van der Waals surface area contributed by atoms with Gasteiger partial charge in [-0.25, -0.2) is 0 Å². The van der Waals surface area contributed by atoms with Crippen molar-refractivity contribution in [1.82, 2.24) is 15.1 Å². The van der Waals surface area contributed by atoms with Crippen molar-refractivity contribution >= 4 is 27.6 Å². The van der Waals surface area contributed by atoms with Crippen LogP contribution >= 0.6 is 0 Å². The second kappa shape index (κ2) is 6.09. The Balaban J connectivity index is 1.65. The number of fused-ring (bicyclic) bond motifs is 3. The van der Waals surface area contributed by atoms with Gasteiger partial charge < -0.3 is 9.73 Å². The Morgan fingerprint density at radius 1 is 1.20 bits per heavy atom. The summed E-state index contributed by atoms with van der Waals surface area (Å²) in [6, 6.07) is 13.9. The average molecular weight is 333 g/mol. The van der Waals surface area contributed by atoms with E-state index in [1.54, 1.807) is 10.9 Å². The number of carbonyl (C=O) groups is 1. The van der Waals surface area contributed by atoms with Crippen molar-refractivity contribution in [2.24, 2.45) is 0 Å². The van der Waals surface area contributed by atoms with E-state index in [2.05, 4.69) is 16.5 Å². The molecular weight excluding hydrogens is 314 g/mol. The van der Waals surface area contributed by atoms with Crippen LogP contribution in [0.5, 0.6) is 0 Å². The quantitative estimate of drug-likeness (QED) is 0.616. The number of nitrogens with zero attached hydrogens (tertiary/aromatic N) is 2. The fourth-order valence-corrected chi connectivity index (χ4v) is 3.19. The smallest absolute Gasteiger partial charge is 0.287 e. The molecule has 0 aliphatic carbocycles. The first kappa shape index (κ1) is 15.4. The summed E-state index contributed by atoms with van der Waals surface area (Å²) in [6.07, 6.45) is 3.60. The molecule has 25 heavy (non-hydrogen) atoms. The summed E-state index contributed by atoms with van der Waals surface area (Å²) in [5.41, 5.74) is 1.63. The SMILES string of the molecule is Cc1c(C(=O)NC(C)Cn2cccn2)oc2c1ccc1ccccc12. The highest BCUT2D eigenvalue weighted by Gasteiger charge is 2.20. The molecule has 0 saturated carbocycles. The van der Waals surface area contributed by atoms with Crippen LogP contribution in [0.4, 0.5) is 0 Å². The number of rotatable bonds is 4. The largest absolute Gasteiger partial charge is 0.450 e. The zero-order chi connectivity index (χ0) is 17.4. The van der Waals surface area contributed by atoms with Gasteiger partial charge in [-0.15, -0.1) is 0 Å². The van der Waals surface area contributed by atoms with Crippen molar-refractivity contribution in [2.75, 3.05) is 0 Å². The molecule has 5 nitrogen and oxygen atoms in total. The van der Waals surface area contributed by atoms with Crippen LogP contribution in [-0.2, 0) is 6.54 Å². The Labute approximate surface area is 145 Å². The highest BCUT2D eigenvalue weighted by molar-refractivity contribution is 6.08. The summed E-state index contributed by atoms with van der Waals surface area (Å²) in [4.78, 5) is 12.7. The molecule has 2 heterocycles. The van der Waals surface area contributed by atoms with Crippen molar-refractivity contribution < 1.29 is 9.21 Å². The number of hydrogen-bond acceptors (Lipinski definition) is 3. The van der Waals surface area contributed by atoms with E-state index >= 15 is 0 Å². The van der Waals surface area contributed by atoms with Crippen molar-refractivity contribution in [1.29, 1.82) is 0 Å². The number of aromatic nitrogens is 2. The Kier molecular flexibility index (Phi) is 3.76. The Morgan fingerprint density at radius 3 is 2.84 bits per heavy atom. The summed E-state index contributed by atoms with van der Waals surface area (Å²) < 4.78 is 7.77. The monoisotopic (exact) mass is 333 g/mol. The first-order chi connectivity index (χ1) is 12.1. The molecule has 0 fully saturated rings. The highest BCUT2D eigenvalue weighted by atomic mass is 16.3. The molecule has 1 N–H and O–H groups in total. The predicted octanol–water partition coefficient (Wildman–Crippen LogP) is 3.91. The van der Waals surface area contributed by atoms with Gasteiger partial charge in [0.25, 0.3) is 5.91 Å². The molecule has 4 rings (SSSR count). The Bertz CT molecular complexity index is 1050. The van der Waals surface area contributed by atoms with Gasteiger partial charge >= 0.3 is 0 Å². The van der Waals surface area contributed by atoms with Crippen LogP contribution in [0.25, 0.3) is 21.7 Å². The van der Waals surface area contributed by atoms with Gasteiger partial charge in [-0.3, -0.25) is 9.48 Å². The van der Waals surface area contributed by atoms with E-state index in [1.807, 2.05) is 56.4 Å². The van der Waals surface area contributed by atoms with Gasteiger partial charge in [-0.1, -0.05) is 36.4 Å². The van der Waals surface area contributed by atoms with Crippen molar-refractivity contribution in [3.8, 4) is 0 Å². The molecule has 0 bridgehead atoms. The number of hydrogen-bond donors (Lipinski definition) is 1. The zero-order valence-corrected chi connectivity index (χ0v) is 14.2. The summed E-state index contributed by atoms with van der Waals surface area (Å²) >= 11 is 0. The highest BCUT2D eigenvalue weighted by Crippen LogP contribution is 2.31. The Hall–Kier alpha value is -3.08. The molecule has 0 saturated heterocycles.